The smallest absolute Gasteiger partial charge is 0.0946 e. The van der Waals surface area contributed by atoms with Gasteiger partial charge in [0.1, 0.15) is 0 Å². The maximum Gasteiger partial charge on any atom is 0.0946 e. The Morgan fingerprint density at radius 1 is 1.27 bits per heavy atom. The Balaban J connectivity index is 1.51. The molecule has 3 aromatic rings. The molecule has 0 amide bonds. The molecule has 0 saturated carbocycles. The molecule has 5 nitrogen and oxygen atoms in total. The number of benzene rings is 1. The third-order valence-electron chi connectivity index (χ3n) is 5.84. The summed E-state index contributed by atoms with van der Waals surface area (Å²) in [6, 6.07) is 9.17. The van der Waals surface area contributed by atoms with E-state index >= 15 is 0 Å². The molecule has 0 spiro atoms. The number of rotatable bonds is 5. The lowest BCUT2D eigenvalue weighted by Crippen LogP contribution is -2.41. The standard InChI is InChI=1S/C21H29N5/c1-24(13-16-6-4-8-19-18(16)9-10-23-19)14-17-7-5-11-25(2)21(17)20-12-22-15-26(20)3/h4,6,8-10,12,15,17,21,23H,5,7,11,13-14H2,1-3H3/t17-,21+/m0/s1. The second-order valence-corrected chi connectivity index (χ2v) is 7.81. The Hall–Kier alpha value is -2.11. The van der Waals surface area contributed by atoms with Crippen LogP contribution in [0.3, 0.4) is 0 Å². The summed E-state index contributed by atoms with van der Waals surface area (Å²) < 4.78 is 2.18. The van der Waals surface area contributed by atoms with Crippen molar-refractivity contribution in [3.8, 4) is 0 Å². The van der Waals surface area contributed by atoms with Crippen LogP contribution in [-0.2, 0) is 13.6 Å². The topological polar surface area (TPSA) is 40.1 Å². The largest absolute Gasteiger partial charge is 0.361 e. The number of likely N-dealkylation sites (tertiary alicyclic amines) is 1. The molecule has 1 N–H and O–H groups in total. The first-order valence-electron chi connectivity index (χ1n) is 9.53. The molecule has 3 heterocycles. The van der Waals surface area contributed by atoms with Gasteiger partial charge in [-0.05, 0) is 57.1 Å². The van der Waals surface area contributed by atoms with Crippen molar-refractivity contribution in [3.05, 3.63) is 54.2 Å². The average molecular weight is 351 g/mol. The lowest BCUT2D eigenvalue weighted by Gasteiger charge is -2.40. The number of imidazole rings is 1. The highest BCUT2D eigenvalue weighted by Crippen LogP contribution is 2.35. The quantitative estimate of drug-likeness (QED) is 0.766. The maximum atomic E-state index is 4.36. The molecule has 1 aliphatic rings. The lowest BCUT2D eigenvalue weighted by molar-refractivity contribution is 0.0881. The molecule has 0 unspecified atom stereocenters. The van der Waals surface area contributed by atoms with E-state index in [2.05, 4.69) is 69.7 Å². The molecule has 0 bridgehead atoms. The third-order valence-corrected chi connectivity index (χ3v) is 5.84. The zero-order valence-electron chi connectivity index (χ0n) is 16.0. The summed E-state index contributed by atoms with van der Waals surface area (Å²) in [4.78, 5) is 12.7. The van der Waals surface area contributed by atoms with Crippen molar-refractivity contribution >= 4 is 10.9 Å². The first-order valence-corrected chi connectivity index (χ1v) is 9.53. The molecule has 2 atom stereocenters. The lowest BCUT2D eigenvalue weighted by atomic mass is 9.87. The number of aromatic nitrogens is 3. The van der Waals surface area contributed by atoms with E-state index in [1.807, 2.05) is 18.7 Å². The van der Waals surface area contributed by atoms with E-state index in [1.54, 1.807) is 0 Å². The fourth-order valence-corrected chi connectivity index (χ4v) is 4.61. The van der Waals surface area contributed by atoms with Crippen LogP contribution in [0.1, 0.15) is 30.1 Å². The van der Waals surface area contributed by atoms with Gasteiger partial charge in [-0.3, -0.25) is 4.90 Å². The number of aryl methyl sites for hydroxylation is 1. The van der Waals surface area contributed by atoms with Gasteiger partial charge in [0, 0.05) is 43.4 Å². The average Bonchev–Trinajstić information content (AvgIpc) is 3.25. The van der Waals surface area contributed by atoms with Crippen molar-refractivity contribution in [2.45, 2.75) is 25.4 Å². The summed E-state index contributed by atoms with van der Waals surface area (Å²) >= 11 is 0. The van der Waals surface area contributed by atoms with Crippen LogP contribution >= 0.6 is 0 Å². The van der Waals surface area contributed by atoms with Gasteiger partial charge in [0.15, 0.2) is 0 Å². The molecule has 0 aliphatic carbocycles. The van der Waals surface area contributed by atoms with Gasteiger partial charge in [-0.25, -0.2) is 4.98 Å². The van der Waals surface area contributed by atoms with Crippen molar-refractivity contribution in [1.82, 2.24) is 24.3 Å². The van der Waals surface area contributed by atoms with Gasteiger partial charge in [0.25, 0.3) is 0 Å². The summed E-state index contributed by atoms with van der Waals surface area (Å²) in [6.45, 7) is 3.24. The molecule has 4 rings (SSSR count). The third kappa shape index (κ3) is 3.29. The van der Waals surface area contributed by atoms with Crippen molar-refractivity contribution in [1.29, 1.82) is 0 Å². The van der Waals surface area contributed by atoms with Crippen molar-refractivity contribution < 1.29 is 0 Å². The van der Waals surface area contributed by atoms with Crippen LogP contribution in [0.15, 0.2) is 43.0 Å². The highest BCUT2D eigenvalue weighted by atomic mass is 15.2. The predicted molar refractivity (Wildman–Crippen MR) is 106 cm³/mol. The van der Waals surface area contributed by atoms with E-state index in [9.17, 15) is 0 Å². The number of aromatic amines is 1. The van der Waals surface area contributed by atoms with Gasteiger partial charge in [-0.15, -0.1) is 0 Å². The number of hydrogen-bond acceptors (Lipinski definition) is 3. The predicted octanol–water partition coefficient (Wildman–Crippen LogP) is 3.42. The molecular formula is C21H29N5. The van der Waals surface area contributed by atoms with Gasteiger partial charge in [0.05, 0.1) is 18.1 Å². The maximum absolute atomic E-state index is 4.36. The molecular weight excluding hydrogens is 322 g/mol. The van der Waals surface area contributed by atoms with Crippen LogP contribution in [0.4, 0.5) is 0 Å². The van der Waals surface area contributed by atoms with Crippen molar-refractivity contribution in [3.63, 3.8) is 0 Å². The van der Waals surface area contributed by atoms with Gasteiger partial charge >= 0.3 is 0 Å². The molecule has 1 fully saturated rings. The number of fused-ring (bicyclic) bond motifs is 1. The molecule has 1 aliphatic heterocycles. The highest BCUT2D eigenvalue weighted by Gasteiger charge is 2.32. The van der Waals surface area contributed by atoms with E-state index in [0.717, 1.165) is 13.1 Å². The number of hydrogen-bond donors (Lipinski definition) is 1. The normalized spacial score (nSPS) is 21.7. The van der Waals surface area contributed by atoms with Gasteiger partial charge in [-0.2, -0.15) is 0 Å². The fourth-order valence-electron chi connectivity index (χ4n) is 4.61. The molecule has 26 heavy (non-hydrogen) atoms. The molecule has 0 radical (unpaired) electrons. The molecule has 138 valence electrons. The van der Waals surface area contributed by atoms with E-state index in [0.29, 0.717) is 12.0 Å². The van der Waals surface area contributed by atoms with E-state index in [4.69, 9.17) is 0 Å². The van der Waals surface area contributed by atoms with Crippen molar-refractivity contribution in [2.75, 3.05) is 27.2 Å². The number of nitrogens with one attached hydrogen (secondary N) is 1. The Morgan fingerprint density at radius 2 is 2.15 bits per heavy atom. The molecule has 5 heteroatoms. The SMILES string of the molecule is CN(Cc1cccc2[nH]ccc12)C[C@@H]1CCCN(C)[C@H]1c1cncn1C. The van der Waals surface area contributed by atoms with E-state index in [1.165, 1.54) is 41.5 Å². The number of nitrogens with zero attached hydrogens (tertiary/aromatic N) is 4. The molecule has 1 aromatic carbocycles. The second kappa shape index (κ2) is 7.25. The van der Waals surface area contributed by atoms with Crippen LogP contribution in [0.2, 0.25) is 0 Å². The first kappa shape index (κ1) is 17.3. The summed E-state index contributed by atoms with van der Waals surface area (Å²) in [5, 5.41) is 1.34. The van der Waals surface area contributed by atoms with Crippen LogP contribution in [0, 0.1) is 5.92 Å². The second-order valence-electron chi connectivity index (χ2n) is 7.81. The minimum absolute atomic E-state index is 0.446. The summed E-state index contributed by atoms with van der Waals surface area (Å²) in [5.41, 5.74) is 3.95. The Labute approximate surface area is 155 Å². The summed E-state index contributed by atoms with van der Waals surface area (Å²) in [5.74, 6) is 0.625. The van der Waals surface area contributed by atoms with Crippen LogP contribution in [0.5, 0.6) is 0 Å². The zero-order chi connectivity index (χ0) is 18.1. The Kier molecular flexibility index (Phi) is 4.83. The monoisotopic (exact) mass is 351 g/mol. The van der Waals surface area contributed by atoms with E-state index < -0.39 is 0 Å². The first-order chi connectivity index (χ1) is 12.6. The summed E-state index contributed by atoms with van der Waals surface area (Å²) in [6.07, 6.45) is 8.55. The highest BCUT2D eigenvalue weighted by molar-refractivity contribution is 5.82. The summed E-state index contributed by atoms with van der Waals surface area (Å²) in [7, 11) is 6.61. The minimum atomic E-state index is 0.446. The van der Waals surface area contributed by atoms with Gasteiger partial charge in [-0.1, -0.05) is 12.1 Å². The molecule has 1 saturated heterocycles. The Morgan fingerprint density at radius 3 is 2.96 bits per heavy atom. The van der Waals surface area contributed by atoms with Crippen LogP contribution in [0.25, 0.3) is 10.9 Å². The van der Waals surface area contributed by atoms with Crippen LogP contribution < -0.4 is 0 Å². The van der Waals surface area contributed by atoms with Crippen molar-refractivity contribution in [2.24, 2.45) is 13.0 Å². The van der Waals surface area contributed by atoms with Gasteiger partial charge in [0.2, 0.25) is 0 Å². The minimum Gasteiger partial charge on any atom is -0.361 e. The Bertz CT molecular complexity index is 864. The fraction of sp³-hybridized carbons (Fsp3) is 0.476. The van der Waals surface area contributed by atoms with E-state index in [-0.39, 0.29) is 0 Å². The zero-order valence-corrected chi connectivity index (χ0v) is 16.0. The number of piperidine rings is 1. The van der Waals surface area contributed by atoms with Crippen LogP contribution in [-0.4, -0.2) is 51.5 Å². The molecule has 2 aromatic heterocycles. The van der Waals surface area contributed by atoms with Gasteiger partial charge < -0.3 is 14.5 Å². The number of H-pyrrole nitrogens is 1.